The summed E-state index contributed by atoms with van der Waals surface area (Å²) in [4.78, 5) is 17.3. The predicted molar refractivity (Wildman–Crippen MR) is 95.5 cm³/mol. The van der Waals surface area contributed by atoms with Crippen molar-refractivity contribution in [3.63, 3.8) is 0 Å². The Morgan fingerprint density at radius 3 is 2.88 bits per heavy atom. The number of carboxylic acid groups (broad SMARTS) is 1. The third-order valence-corrected chi connectivity index (χ3v) is 6.15. The molecule has 4 rings (SSSR count). The number of ether oxygens (including phenoxy) is 2. The minimum absolute atomic E-state index is 0.232. The summed E-state index contributed by atoms with van der Waals surface area (Å²) in [6.07, 6.45) is 6.68. The van der Waals surface area contributed by atoms with Crippen molar-refractivity contribution in [3.05, 3.63) is 34.8 Å². The number of benzene rings is 1. The summed E-state index contributed by atoms with van der Waals surface area (Å²) in [5, 5.41) is 10.3. The summed E-state index contributed by atoms with van der Waals surface area (Å²) in [5.41, 5.74) is 1.05. The number of carbonyl (C=O) groups is 1. The molecule has 1 unspecified atom stereocenters. The van der Waals surface area contributed by atoms with Crippen LogP contribution in [0.4, 0.5) is 0 Å². The number of rotatable bonds is 6. The molecular formula is C19H21NO4S. The Balaban J connectivity index is 1.57. The van der Waals surface area contributed by atoms with Crippen LogP contribution >= 0.6 is 11.3 Å². The second kappa shape index (κ2) is 7.14. The third-order valence-electron chi connectivity index (χ3n) is 4.94. The molecule has 1 N–H and O–H groups in total. The van der Waals surface area contributed by atoms with Gasteiger partial charge in [0.2, 0.25) is 0 Å². The van der Waals surface area contributed by atoms with Crippen LogP contribution in [0.2, 0.25) is 0 Å². The quantitative estimate of drug-likeness (QED) is 0.837. The van der Waals surface area contributed by atoms with Crippen LogP contribution in [0.1, 0.15) is 46.8 Å². The van der Waals surface area contributed by atoms with E-state index in [4.69, 9.17) is 9.47 Å². The van der Waals surface area contributed by atoms with Crippen LogP contribution in [0.3, 0.4) is 0 Å². The molecule has 1 aromatic heterocycles. The largest absolute Gasteiger partial charge is 0.493 e. The van der Waals surface area contributed by atoms with Crippen molar-refractivity contribution >= 4 is 17.3 Å². The first kappa shape index (κ1) is 16.5. The first-order chi connectivity index (χ1) is 12.2. The van der Waals surface area contributed by atoms with Crippen LogP contribution in [0.25, 0.3) is 10.6 Å². The Kier molecular flexibility index (Phi) is 4.72. The number of thiazole rings is 1. The van der Waals surface area contributed by atoms with Gasteiger partial charge in [0.25, 0.3) is 0 Å². The maximum Gasteiger partial charge on any atom is 0.335 e. The van der Waals surface area contributed by atoms with E-state index < -0.39 is 5.97 Å². The minimum atomic E-state index is -0.952. The maximum atomic E-state index is 11.5. The van der Waals surface area contributed by atoms with E-state index in [0.717, 1.165) is 23.6 Å². The highest BCUT2D eigenvalue weighted by Crippen LogP contribution is 2.41. The first-order valence-corrected chi connectivity index (χ1v) is 9.56. The monoisotopic (exact) mass is 359 g/mol. The molecule has 6 heteroatoms. The summed E-state index contributed by atoms with van der Waals surface area (Å²) < 4.78 is 11.2. The van der Waals surface area contributed by atoms with E-state index >= 15 is 0 Å². The molecule has 0 radical (unpaired) electrons. The van der Waals surface area contributed by atoms with Crippen molar-refractivity contribution < 1.29 is 19.4 Å². The highest BCUT2D eigenvalue weighted by Gasteiger charge is 2.22. The minimum Gasteiger partial charge on any atom is -0.493 e. The Morgan fingerprint density at radius 1 is 1.32 bits per heavy atom. The molecule has 1 aliphatic heterocycles. The zero-order valence-corrected chi connectivity index (χ0v) is 14.8. The number of carboxylic acids is 1. The van der Waals surface area contributed by atoms with Crippen molar-refractivity contribution in [2.45, 2.75) is 31.6 Å². The van der Waals surface area contributed by atoms with E-state index in [0.29, 0.717) is 30.8 Å². The zero-order valence-electron chi connectivity index (χ0n) is 13.9. The Hall–Kier alpha value is -1.92. The molecule has 1 saturated carbocycles. The highest BCUT2D eigenvalue weighted by atomic mass is 32.1. The van der Waals surface area contributed by atoms with Crippen molar-refractivity contribution in [1.82, 2.24) is 4.98 Å². The predicted octanol–water partition coefficient (Wildman–Crippen LogP) is 4.19. The smallest absolute Gasteiger partial charge is 0.335 e. The van der Waals surface area contributed by atoms with E-state index in [1.54, 1.807) is 23.5 Å². The van der Waals surface area contributed by atoms with Crippen LogP contribution in [0, 0.1) is 5.92 Å². The van der Waals surface area contributed by atoms with Crippen LogP contribution in [-0.4, -0.2) is 35.9 Å². The van der Waals surface area contributed by atoms with E-state index in [-0.39, 0.29) is 5.56 Å². The molecule has 25 heavy (non-hydrogen) atoms. The maximum absolute atomic E-state index is 11.5. The van der Waals surface area contributed by atoms with Crippen LogP contribution in [0.15, 0.2) is 24.4 Å². The molecule has 0 spiro atoms. The number of hydrogen-bond donors (Lipinski definition) is 1. The molecule has 1 saturated heterocycles. The van der Waals surface area contributed by atoms with E-state index in [1.165, 1.54) is 24.1 Å². The number of aromatic nitrogens is 1. The summed E-state index contributed by atoms with van der Waals surface area (Å²) in [6, 6.07) is 5.16. The van der Waals surface area contributed by atoms with Gasteiger partial charge in [0.05, 0.1) is 18.8 Å². The van der Waals surface area contributed by atoms with Gasteiger partial charge in [0.1, 0.15) is 10.8 Å². The molecule has 1 aliphatic carbocycles. The molecule has 132 valence electrons. The molecular weight excluding hydrogens is 338 g/mol. The second-order valence-corrected chi connectivity index (χ2v) is 7.85. The van der Waals surface area contributed by atoms with Gasteiger partial charge in [0, 0.05) is 29.2 Å². The first-order valence-electron chi connectivity index (χ1n) is 8.74. The van der Waals surface area contributed by atoms with Crippen molar-refractivity contribution in [2.24, 2.45) is 5.92 Å². The molecule has 5 nitrogen and oxygen atoms in total. The fraction of sp³-hybridized carbons (Fsp3) is 0.474. The lowest BCUT2D eigenvalue weighted by Gasteiger charge is -2.23. The lowest BCUT2D eigenvalue weighted by atomic mass is 9.85. The molecule has 1 atom stereocenters. The van der Waals surface area contributed by atoms with E-state index in [2.05, 4.69) is 4.98 Å². The standard InChI is InChI=1S/C19H21NO4S/c21-19(22)15-6-14(18-20-9-17(25-18)13-2-1-3-13)7-16(8-15)24-11-12-4-5-23-10-12/h6-9,12-13H,1-5,10-11H2,(H,21,22). The number of nitrogens with zero attached hydrogens (tertiary/aromatic N) is 1. The average molecular weight is 359 g/mol. The van der Waals surface area contributed by atoms with Gasteiger partial charge in [0.15, 0.2) is 0 Å². The third kappa shape index (κ3) is 3.70. The van der Waals surface area contributed by atoms with Gasteiger partial charge >= 0.3 is 5.97 Å². The summed E-state index contributed by atoms with van der Waals surface area (Å²) in [6.45, 7) is 2.04. The van der Waals surface area contributed by atoms with Gasteiger partial charge in [-0.05, 0) is 43.4 Å². The molecule has 2 fully saturated rings. The van der Waals surface area contributed by atoms with Crippen molar-refractivity contribution in [2.75, 3.05) is 19.8 Å². The summed E-state index contributed by atoms with van der Waals surface area (Å²) >= 11 is 1.66. The summed E-state index contributed by atoms with van der Waals surface area (Å²) in [7, 11) is 0. The molecule has 2 aromatic rings. The van der Waals surface area contributed by atoms with Crippen LogP contribution in [-0.2, 0) is 4.74 Å². The average Bonchev–Trinajstić information content (AvgIpc) is 3.23. The summed E-state index contributed by atoms with van der Waals surface area (Å²) in [5.74, 6) is 0.642. The molecule has 2 aliphatic rings. The lowest BCUT2D eigenvalue weighted by molar-refractivity contribution is 0.0696. The highest BCUT2D eigenvalue weighted by molar-refractivity contribution is 7.15. The van der Waals surface area contributed by atoms with Gasteiger partial charge in [-0.25, -0.2) is 9.78 Å². The Morgan fingerprint density at radius 2 is 2.20 bits per heavy atom. The number of aromatic carboxylic acids is 1. The van der Waals surface area contributed by atoms with Gasteiger partial charge < -0.3 is 14.6 Å². The fourth-order valence-corrected chi connectivity index (χ4v) is 4.23. The lowest BCUT2D eigenvalue weighted by Crippen LogP contribution is -2.12. The molecule has 2 heterocycles. The second-order valence-electron chi connectivity index (χ2n) is 6.79. The SMILES string of the molecule is O=C(O)c1cc(OCC2CCOC2)cc(-c2ncc(C3CCC3)s2)c1. The van der Waals surface area contributed by atoms with Gasteiger partial charge in [-0.3, -0.25) is 0 Å². The fourth-order valence-electron chi connectivity index (χ4n) is 3.16. The van der Waals surface area contributed by atoms with Crippen molar-refractivity contribution in [3.8, 4) is 16.3 Å². The van der Waals surface area contributed by atoms with Gasteiger partial charge in [-0.1, -0.05) is 6.42 Å². The van der Waals surface area contributed by atoms with E-state index in [9.17, 15) is 9.90 Å². The van der Waals surface area contributed by atoms with Gasteiger partial charge in [-0.15, -0.1) is 11.3 Å². The molecule has 0 amide bonds. The topological polar surface area (TPSA) is 68.7 Å². The van der Waals surface area contributed by atoms with Crippen LogP contribution in [0.5, 0.6) is 5.75 Å². The molecule has 0 bridgehead atoms. The molecule has 1 aromatic carbocycles. The van der Waals surface area contributed by atoms with E-state index in [1.807, 2.05) is 12.3 Å². The zero-order chi connectivity index (χ0) is 17.2. The van der Waals surface area contributed by atoms with Crippen molar-refractivity contribution in [1.29, 1.82) is 0 Å². The normalized spacial score (nSPS) is 20.4. The van der Waals surface area contributed by atoms with Gasteiger partial charge in [-0.2, -0.15) is 0 Å². The van der Waals surface area contributed by atoms with Crippen LogP contribution < -0.4 is 4.74 Å². The Labute approximate surface area is 150 Å². The Bertz CT molecular complexity index is 763. The number of hydrogen-bond acceptors (Lipinski definition) is 5.